The molecule has 0 fully saturated rings. The van der Waals surface area contributed by atoms with Gasteiger partial charge in [0, 0.05) is 23.3 Å². The zero-order chi connectivity index (χ0) is 20.0. The number of carbonyl (C=O) groups is 1. The predicted molar refractivity (Wildman–Crippen MR) is 110 cm³/mol. The summed E-state index contributed by atoms with van der Waals surface area (Å²) in [6.07, 6.45) is 0.946. The van der Waals surface area contributed by atoms with E-state index in [4.69, 9.17) is 23.8 Å². The minimum Gasteiger partial charge on any atom is -0.361 e. The van der Waals surface area contributed by atoms with Gasteiger partial charge in [0.25, 0.3) is 5.91 Å². The molecule has 0 aliphatic carbocycles. The highest BCUT2D eigenvalue weighted by molar-refractivity contribution is 7.80. The summed E-state index contributed by atoms with van der Waals surface area (Å²) in [6, 6.07) is 8.27. The van der Waals surface area contributed by atoms with Gasteiger partial charge in [-0.3, -0.25) is 20.4 Å². The number of nitrogens with one attached hydrogen (secondary N) is 3. The Kier molecular flexibility index (Phi) is 7.32. The van der Waals surface area contributed by atoms with Crippen molar-refractivity contribution in [2.45, 2.75) is 27.2 Å². The van der Waals surface area contributed by atoms with Crippen LogP contribution in [0.4, 0.5) is 0 Å². The Morgan fingerprint density at radius 1 is 1.26 bits per heavy atom. The fourth-order valence-electron chi connectivity index (χ4n) is 2.24. The third-order valence-electron chi connectivity index (χ3n) is 3.69. The van der Waals surface area contributed by atoms with Crippen LogP contribution >= 0.6 is 23.8 Å². The highest BCUT2D eigenvalue weighted by Crippen LogP contribution is 2.13. The zero-order valence-corrected chi connectivity index (χ0v) is 16.9. The normalized spacial score (nSPS) is 10.6. The monoisotopic (exact) mass is 407 g/mol. The third kappa shape index (κ3) is 6.04. The van der Waals surface area contributed by atoms with Crippen molar-refractivity contribution >= 4 is 34.8 Å². The first-order valence-electron chi connectivity index (χ1n) is 8.49. The molecule has 0 saturated heterocycles. The lowest BCUT2D eigenvalue weighted by molar-refractivity contribution is 0.0935. The topological polar surface area (TPSA) is 88.1 Å². The quantitative estimate of drug-likeness (QED) is 0.521. The molecular weight excluding hydrogens is 386 g/mol. The summed E-state index contributed by atoms with van der Waals surface area (Å²) < 4.78 is 1.51. The van der Waals surface area contributed by atoms with E-state index in [2.05, 4.69) is 35.1 Å². The molecule has 27 heavy (non-hydrogen) atoms. The highest BCUT2D eigenvalue weighted by atomic mass is 35.5. The van der Waals surface area contributed by atoms with E-state index in [1.165, 1.54) is 10.7 Å². The van der Waals surface area contributed by atoms with Gasteiger partial charge in [-0.1, -0.05) is 25.4 Å². The second-order valence-corrected chi connectivity index (χ2v) is 7.25. The molecule has 1 amide bonds. The van der Waals surface area contributed by atoms with Gasteiger partial charge in [-0.25, -0.2) is 4.68 Å². The van der Waals surface area contributed by atoms with Gasteiger partial charge in [0.1, 0.15) is 0 Å². The van der Waals surface area contributed by atoms with Gasteiger partial charge in [-0.2, -0.15) is 5.10 Å². The van der Waals surface area contributed by atoms with Crippen LogP contribution < -0.4 is 21.6 Å². The average molecular weight is 408 g/mol. The molecule has 0 aliphatic heterocycles. The minimum absolute atomic E-state index is 0.243. The average Bonchev–Trinajstić information content (AvgIpc) is 2.60. The lowest BCUT2D eigenvalue weighted by atomic mass is 10.1. The van der Waals surface area contributed by atoms with Crippen molar-refractivity contribution in [3.05, 3.63) is 57.0 Å². The minimum atomic E-state index is -0.671. The lowest BCUT2D eigenvalue weighted by Gasteiger charge is -2.13. The van der Waals surface area contributed by atoms with Crippen molar-refractivity contribution < 1.29 is 4.79 Å². The fraction of sp³-hybridized carbons (Fsp3) is 0.333. The summed E-state index contributed by atoms with van der Waals surface area (Å²) >= 11 is 11.0. The van der Waals surface area contributed by atoms with Crippen molar-refractivity contribution in [2.75, 3.05) is 6.54 Å². The van der Waals surface area contributed by atoms with E-state index in [0.29, 0.717) is 28.9 Å². The van der Waals surface area contributed by atoms with E-state index in [9.17, 15) is 9.59 Å². The number of hydrazine groups is 1. The molecule has 1 heterocycles. The third-order valence-corrected chi connectivity index (χ3v) is 4.19. The second kappa shape index (κ2) is 9.48. The van der Waals surface area contributed by atoms with Crippen molar-refractivity contribution in [3.63, 3.8) is 0 Å². The largest absolute Gasteiger partial charge is 0.361 e. The molecule has 1 aromatic heterocycles. The van der Waals surface area contributed by atoms with E-state index >= 15 is 0 Å². The van der Waals surface area contributed by atoms with Crippen LogP contribution in [0, 0.1) is 12.8 Å². The summed E-state index contributed by atoms with van der Waals surface area (Å²) in [5.74, 6) is -0.131. The first-order chi connectivity index (χ1) is 12.8. The summed E-state index contributed by atoms with van der Waals surface area (Å²) in [6.45, 7) is 6.63. The van der Waals surface area contributed by atoms with Crippen molar-refractivity contribution in [3.8, 4) is 5.69 Å². The van der Waals surface area contributed by atoms with Crippen LogP contribution in [0.3, 0.4) is 0 Å². The number of rotatable bonds is 5. The van der Waals surface area contributed by atoms with Crippen molar-refractivity contribution in [1.82, 2.24) is 25.9 Å². The van der Waals surface area contributed by atoms with Gasteiger partial charge in [-0.05, 0) is 55.7 Å². The Hall–Kier alpha value is -2.45. The van der Waals surface area contributed by atoms with E-state index in [0.717, 1.165) is 6.42 Å². The molecule has 0 aliphatic rings. The van der Waals surface area contributed by atoms with Gasteiger partial charge in [0.15, 0.2) is 10.8 Å². The standard InChI is InChI=1S/C18H22ClN5O2S/c1-11(2)8-9-20-18(27)22-21-17(26)16-15(25)10-12(3)24(23-16)14-6-4-13(19)5-7-14/h4-7,10-11H,8-9H2,1-3H3,(H,21,26)(H2,20,22,27). The van der Waals surface area contributed by atoms with E-state index in [-0.39, 0.29) is 10.8 Å². The maximum absolute atomic E-state index is 12.3. The Labute approximate surface area is 168 Å². The molecule has 1 aromatic carbocycles. The van der Waals surface area contributed by atoms with Crippen LogP contribution in [0.5, 0.6) is 0 Å². The molecule has 3 N–H and O–H groups in total. The van der Waals surface area contributed by atoms with Gasteiger partial charge < -0.3 is 5.32 Å². The molecule has 9 heteroatoms. The zero-order valence-electron chi connectivity index (χ0n) is 15.4. The Balaban J connectivity index is 2.10. The Bertz CT molecular complexity index is 880. The number of halogens is 1. The molecule has 0 bridgehead atoms. The maximum Gasteiger partial charge on any atom is 0.294 e. The SMILES string of the molecule is Cc1cc(=O)c(C(=O)NNC(=S)NCCC(C)C)nn1-c1ccc(Cl)cc1. The summed E-state index contributed by atoms with van der Waals surface area (Å²) in [4.78, 5) is 24.5. The molecule has 0 radical (unpaired) electrons. The van der Waals surface area contributed by atoms with Crippen molar-refractivity contribution in [1.29, 1.82) is 0 Å². The van der Waals surface area contributed by atoms with Gasteiger partial charge in [0.05, 0.1) is 5.69 Å². The number of hydrogen-bond donors (Lipinski definition) is 3. The Morgan fingerprint density at radius 3 is 2.56 bits per heavy atom. The van der Waals surface area contributed by atoms with E-state index < -0.39 is 11.3 Å². The van der Waals surface area contributed by atoms with Crippen LogP contribution in [0.1, 0.15) is 36.5 Å². The first-order valence-corrected chi connectivity index (χ1v) is 9.27. The van der Waals surface area contributed by atoms with Gasteiger partial charge in [-0.15, -0.1) is 0 Å². The molecule has 144 valence electrons. The highest BCUT2D eigenvalue weighted by Gasteiger charge is 2.15. The molecular formula is C18H22ClN5O2S. The molecule has 0 spiro atoms. The van der Waals surface area contributed by atoms with Crippen LogP contribution in [-0.2, 0) is 0 Å². The molecule has 0 saturated carbocycles. The lowest BCUT2D eigenvalue weighted by Crippen LogP contribution is -2.48. The number of thiocarbonyl (C=S) groups is 1. The number of aromatic nitrogens is 2. The van der Waals surface area contributed by atoms with Gasteiger partial charge >= 0.3 is 0 Å². The van der Waals surface area contributed by atoms with Crippen LogP contribution in [0.2, 0.25) is 5.02 Å². The van der Waals surface area contributed by atoms with Crippen LogP contribution in [0.15, 0.2) is 35.1 Å². The number of benzene rings is 1. The molecule has 0 atom stereocenters. The summed E-state index contributed by atoms with van der Waals surface area (Å²) in [7, 11) is 0. The second-order valence-electron chi connectivity index (χ2n) is 6.40. The number of carbonyl (C=O) groups excluding carboxylic acids is 1. The smallest absolute Gasteiger partial charge is 0.294 e. The molecule has 7 nitrogen and oxygen atoms in total. The summed E-state index contributed by atoms with van der Waals surface area (Å²) in [5.41, 5.74) is 5.54. The van der Waals surface area contributed by atoms with Crippen LogP contribution in [0.25, 0.3) is 5.69 Å². The number of aryl methyl sites for hydroxylation is 1. The van der Waals surface area contributed by atoms with Crippen LogP contribution in [-0.4, -0.2) is 27.3 Å². The maximum atomic E-state index is 12.3. The summed E-state index contributed by atoms with van der Waals surface area (Å²) in [5, 5.41) is 8.01. The number of nitrogens with zero attached hydrogens (tertiary/aromatic N) is 2. The fourth-order valence-corrected chi connectivity index (χ4v) is 2.52. The molecule has 2 aromatic rings. The molecule has 2 rings (SSSR count). The van der Waals surface area contributed by atoms with Gasteiger partial charge in [0.2, 0.25) is 5.43 Å². The van der Waals surface area contributed by atoms with Crippen molar-refractivity contribution in [2.24, 2.45) is 5.92 Å². The first kappa shape index (κ1) is 20.9. The van der Waals surface area contributed by atoms with E-state index in [1.807, 2.05) is 0 Å². The van der Waals surface area contributed by atoms with E-state index in [1.54, 1.807) is 31.2 Å². The molecule has 0 unspecified atom stereocenters. The Morgan fingerprint density at radius 2 is 1.93 bits per heavy atom. The number of amides is 1. The predicted octanol–water partition coefficient (Wildman–Crippen LogP) is 2.35. The number of hydrogen-bond acceptors (Lipinski definition) is 4.